The summed E-state index contributed by atoms with van der Waals surface area (Å²) in [6.45, 7) is 8.61. The molecule has 5 rings (SSSR count). The number of para-hydroxylation sites is 1. The van der Waals surface area contributed by atoms with Crippen LogP contribution in [0.2, 0.25) is 20.1 Å². The number of halogens is 4. The average Bonchev–Trinajstić information content (AvgIpc) is 3.62. The van der Waals surface area contributed by atoms with Crippen LogP contribution < -0.4 is 0 Å². The molecule has 41 heavy (non-hydrogen) atoms. The van der Waals surface area contributed by atoms with E-state index in [-0.39, 0.29) is 17.6 Å². The molecule has 2 aliphatic rings. The van der Waals surface area contributed by atoms with Gasteiger partial charge in [-0.3, -0.25) is 9.98 Å². The Morgan fingerprint density at radius 2 is 1.07 bits per heavy atom. The molecule has 4 atom stereocenters. The van der Waals surface area contributed by atoms with Crippen molar-refractivity contribution >= 4 is 70.0 Å². The predicted molar refractivity (Wildman–Crippen MR) is 176 cm³/mol. The second-order valence-corrected chi connectivity index (χ2v) is 12.6. The lowest BCUT2D eigenvalue weighted by Crippen LogP contribution is -2.31. The summed E-state index contributed by atoms with van der Waals surface area (Å²) in [7, 11) is 0. The maximum Gasteiger partial charge on any atom is 0.127 e. The Hall–Kier alpha value is -2.56. The molecule has 0 saturated carbocycles. The van der Waals surface area contributed by atoms with E-state index in [1.165, 1.54) is 0 Å². The van der Waals surface area contributed by atoms with Crippen LogP contribution in [-0.2, 0) is 11.1 Å². The first-order valence-corrected chi connectivity index (χ1v) is 15.4. The van der Waals surface area contributed by atoms with Crippen molar-refractivity contribution in [3.63, 3.8) is 0 Å². The van der Waals surface area contributed by atoms with Gasteiger partial charge in [-0.1, -0.05) is 117 Å². The molecule has 3 aromatic rings. The standard InChI is InChI=1S/C34H32Cl4N2O/c1-5-20(3)33(16-24(18-39-33)22-10-12-28(35)30(37)14-22)26-8-7-9-27(32(26)41)34(21(4)6-2)17-25(19-40-34)23-11-13-29(36)31(38)15-23/h7-21,41H,5-6H2,1-4H3. The van der Waals surface area contributed by atoms with Crippen molar-refractivity contribution in [1.29, 1.82) is 0 Å². The molecular formula is C34H32Cl4N2O. The molecule has 0 aliphatic carbocycles. The average molecular weight is 626 g/mol. The Labute approximate surface area is 262 Å². The maximum absolute atomic E-state index is 12.1. The van der Waals surface area contributed by atoms with Crippen LogP contribution in [0, 0.1) is 11.8 Å². The number of hydrogen-bond acceptors (Lipinski definition) is 3. The van der Waals surface area contributed by atoms with Crippen molar-refractivity contribution in [2.75, 3.05) is 0 Å². The van der Waals surface area contributed by atoms with Gasteiger partial charge in [-0.25, -0.2) is 0 Å². The van der Waals surface area contributed by atoms with E-state index in [1.807, 2.05) is 54.9 Å². The summed E-state index contributed by atoms with van der Waals surface area (Å²) >= 11 is 25.0. The molecule has 3 aromatic carbocycles. The minimum atomic E-state index is -0.758. The van der Waals surface area contributed by atoms with Crippen molar-refractivity contribution in [2.24, 2.45) is 21.8 Å². The van der Waals surface area contributed by atoms with Crippen LogP contribution in [0.3, 0.4) is 0 Å². The molecule has 0 aromatic heterocycles. The first-order valence-electron chi connectivity index (χ1n) is 13.9. The van der Waals surface area contributed by atoms with E-state index in [0.29, 0.717) is 20.1 Å². The van der Waals surface area contributed by atoms with Crippen molar-refractivity contribution in [1.82, 2.24) is 0 Å². The monoisotopic (exact) mass is 624 g/mol. The number of hydrogen-bond donors (Lipinski definition) is 1. The van der Waals surface area contributed by atoms with Crippen LogP contribution in [0.4, 0.5) is 0 Å². The third-order valence-corrected chi connectivity index (χ3v) is 10.2. The third kappa shape index (κ3) is 5.16. The molecular weight excluding hydrogens is 594 g/mol. The minimum Gasteiger partial charge on any atom is -0.507 e. The Kier molecular flexibility index (Phi) is 8.47. The van der Waals surface area contributed by atoms with Crippen LogP contribution in [0.15, 0.2) is 76.7 Å². The Bertz CT molecular complexity index is 1510. The van der Waals surface area contributed by atoms with Gasteiger partial charge < -0.3 is 5.11 Å². The smallest absolute Gasteiger partial charge is 0.127 e. The highest BCUT2D eigenvalue weighted by Gasteiger charge is 2.44. The molecule has 0 spiro atoms. The molecule has 1 N–H and O–H groups in total. The molecule has 0 amide bonds. The molecule has 212 valence electrons. The number of benzene rings is 3. The number of rotatable bonds is 8. The zero-order chi connectivity index (χ0) is 29.5. The van der Waals surface area contributed by atoms with Crippen molar-refractivity contribution in [3.8, 4) is 5.75 Å². The molecule has 3 nitrogen and oxygen atoms in total. The van der Waals surface area contributed by atoms with E-state index in [1.54, 1.807) is 12.1 Å². The first-order chi connectivity index (χ1) is 19.6. The maximum atomic E-state index is 12.1. The topological polar surface area (TPSA) is 45.0 Å². The van der Waals surface area contributed by atoms with E-state index in [4.69, 9.17) is 56.4 Å². The summed E-state index contributed by atoms with van der Waals surface area (Å²) < 4.78 is 0. The summed E-state index contributed by atoms with van der Waals surface area (Å²) in [5.41, 5.74) is 3.72. The Morgan fingerprint density at radius 3 is 1.44 bits per heavy atom. The number of nitrogens with zero attached hydrogens (tertiary/aromatic N) is 2. The van der Waals surface area contributed by atoms with Crippen molar-refractivity contribution in [2.45, 2.75) is 51.6 Å². The number of allylic oxidation sites excluding steroid dienone is 2. The van der Waals surface area contributed by atoms with E-state index >= 15 is 0 Å². The van der Waals surface area contributed by atoms with Gasteiger partial charge in [0.1, 0.15) is 16.8 Å². The van der Waals surface area contributed by atoms with Gasteiger partial charge in [0.25, 0.3) is 0 Å². The summed E-state index contributed by atoms with van der Waals surface area (Å²) in [4.78, 5) is 10.2. The quantitative estimate of drug-likeness (QED) is 0.266. The van der Waals surface area contributed by atoms with Crippen molar-refractivity contribution < 1.29 is 5.11 Å². The molecule has 0 bridgehead atoms. The second kappa shape index (κ2) is 11.6. The highest BCUT2D eigenvalue weighted by Crippen LogP contribution is 2.52. The summed E-state index contributed by atoms with van der Waals surface area (Å²) in [5.74, 6) is 0.420. The number of phenolic OH excluding ortho intramolecular Hbond substituents is 1. The van der Waals surface area contributed by atoms with E-state index in [0.717, 1.165) is 46.2 Å². The highest BCUT2D eigenvalue weighted by atomic mass is 35.5. The predicted octanol–water partition coefficient (Wildman–Crippen LogP) is 10.8. The Balaban J connectivity index is 1.66. The normalized spacial score (nSPS) is 23.0. The minimum absolute atomic E-state index is 0.106. The fourth-order valence-corrected chi connectivity index (χ4v) is 6.42. The number of aromatic hydroxyl groups is 1. The lowest BCUT2D eigenvalue weighted by atomic mass is 9.72. The molecule has 0 saturated heterocycles. The molecule has 0 fully saturated rings. The summed E-state index contributed by atoms with van der Waals surface area (Å²) in [6.07, 6.45) is 9.76. The van der Waals surface area contributed by atoms with Crippen LogP contribution >= 0.6 is 46.4 Å². The van der Waals surface area contributed by atoms with Gasteiger partial charge in [0.05, 0.1) is 20.1 Å². The summed E-state index contributed by atoms with van der Waals surface area (Å²) in [5, 5.41) is 14.1. The lowest BCUT2D eigenvalue weighted by Gasteiger charge is -2.36. The van der Waals surface area contributed by atoms with Crippen LogP contribution in [-0.4, -0.2) is 17.5 Å². The molecule has 4 unspecified atom stereocenters. The lowest BCUT2D eigenvalue weighted by molar-refractivity contribution is 0.328. The third-order valence-electron chi connectivity index (χ3n) is 8.72. The van der Waals surface area contributed by atoms with Gasteiger partial charge in [-0.2, -0.15) is 0 Å². The molecule has 7 heteroatoms. The zero-order valence-electron chi connectivity index (χ0n) is 23.4. The summed E-state index contributed by atoms with van der Waals surface area (Å²) in [6, 6.07) is 17.1. The zero-order valence-corrected chi connectivity index (χ0v) is 26.5. The van der Waals surface area contributed by atoms with Crippen LogP contribution in [0.1, 0.15) is 62.8 Å². The fraction of sp³-hybridized carbons (Fsp3) is 0.294. The fourth-order valence-electron chi connectivity index (χ4n) is 5.82. The van der Waals surface area contributed by atoms with Gasteiger partial charge in [0, 0.05) is 23.6 Å². The highest BCUT2D eigenvalue weighted by molar-refractivity contribution is 6.42. The number of aliphatic imine (C=N–C) groups is 2. The SMILES string of the molecule is CCC(C)C1(c2cccc(C3(C(C)CC)C=C(c4ccc(Cl)c(Cl)c4)C=N3)c2O)C=C(c2ccc(Cl)c(Cl)c2)C=N1. The Morgan fingerprint density at radius 1 is 0.659 bits per heavy atom. The van der Waals surface area contributed by atoms with E-state index in [2.05, 4.69) is 39.8 Å². The molecule has 2 aliphatic heterocycles. The molecule has 0 radical (unpaired) electrons. The van der Waals surface area contributed by atoms with Gasteiger partial charge in [0.2, 0.25) is 0 Å². The van der Waals surface area contributed by atoms with Crippen LogP contribution in [0.25, 0.3) is 11.1 Å². The number of phenols is 1. The van der Waals surface area contributed by atoms with Crippen LogP contribution in [0.5, 0.6) is 5.75 Å². The largest absolute Gasteiger partial charge is 0.507 e. The van der Waals surface area contributed by atoms with Gasteiger partial charge >= 0.3 is 0 Å². The molecule has 2 heterocycles. The van der Waals surface area contributed by atoms with Gasteiger partial charge in [0.15, 0.2) is 0 Å². The van der Waals surface area contributed by atoms with E-state index < -0.39 is 11.1 Å². The van der Waals surface area contributed by atoms with E-state index in [9.17, 15) is 5.11 Å². The first kappa shape index (κ1) is 29.9. The second-order valence-electron chi connectivity index (χ2n) is 10.9. The van der Waals surface area contributed by atoms with Crippen molar-refractivity contribution in [3.05, 3.63) is 109 Å². The van der Waals surface area contributed by atoms with Gasteiger partial charge in [-0.15, -0.1) is 0 Å². The van der Waals surface area contributed by atoms with Gasteiger partial charge in [-0.05, 0) is 70.5 Å².